The predicted octanol–water partition coefficient (Wildman–Crippen LogP) is 0.782. The van der Waals surface area contributed by atoms with Gasteiger partial charge >= 0.3 is 35.5 Å². The predicted molar refractivity (Wildman–Crippen MR) is 98.2 cm³/mol. The van der Waals surface area contributed by atoms with Crippen LogP contribution in [0.3, 0.4) is 0 Å². The van der Waals surface area contributed by atoms with Gasteiger partial charge in [0.05, 0.1) is 6.54 Å². The van der Waals surface area contributed by atoms with Gasteiger partial charge in [-0.15, -0.1) is 0 Å². The summed E-state index contributed by atoms with van der Waals surface area (Å²) in [5, 5.41) is 8.89. The molecular formula is C18H40N3NaO2. The van der Waals surface area contributed by atoms with Crippen LogP contribution in [0.15, 0.2) is 0 Å². The number of nitrogens with two attached hydrogens (primary N) is 2. The van der Waals surface area contributed by atoms with Gasteiger partial charge in [-0.2, -0.15) is 0 Å². The van der Waals surface area contributed by atoms with Crippen molar-refractivity contribution in [2.24, 2.45) is 11.5 Å². The maximum absolute atomic E-state index is 10.8. The second kappa shape index (κ2) is 16.8. The van der Waals surface area contributed by atoms with E-state index in [1.165, 1.54) is 64.2 Å². The Hall–Kier alpha value is 0.350. The van der Waals surface area contributed by atoms with Gasteiger partial charge in [0.1, 0.15) is 5.79 Å². The van der Waals surface area contributed by atoms with Crippen molar-refractivity contribution < 1.29 is 40.9 Å². The van der Waals surface area contributed by atoms with Crippen LogP contribution in [0.5, 0.6) is 0 Å². The minimum absolute atomic E-state index is 0. The molecule has 0 aromatic rings. The summed E-state index contributed by atoms with van der Waals surface area (Å²) in [7, 11) is 0. The zero-order valence-electron chi connectivity index (χ0n) is 17.4. The topological polar surface area (TPSA) is 92.6 Å². The van der Waals surface area contributed by atoms with Gasteiger partial charge in [-0.1, -0.05) is 77.6 Å². The summed E-state index contributed by atoms with van der Waals surface area (Å²) in [4.78, 5) is 12.5. The third kappa shape index (κ3) is 17.2. The summed E-state index contributed by atoms with van der Waals surface area (Å²) in [6.45, 7) is 4.45. The Morgan fingerprint density at radius 2 is 1.29 bits per heavy atom. The van der Waals surface area contributed by atoms with E-state index in [1.54, 1.807) is 11.8 Å². The molecule has 0 aliphatic carbocycles. The molecule has 24 heavy (non-hydrogen) atoms. The van der Waals surface area contributed by atoms with Crippen LogP contribution in [0.2, 0.25) is 0 Å². The Morgan fingerprint density at radius 3 is 1.62 bits per heavy atom. The van der Waals surface area contributed by atoms with Gasteiger partial charge < -0.3 is 18.0 Å². The summed E-state index contributed by atoms with van der Waals surface area (Å²) in [6, 6.07) is 0. The SMILES string of the molecule is CCCCCCCCCCCCCCN(CC(=O)O)C(C)(N)N.[H-].[Na+]. The van der Waals surface area contributed by atoms with Crippen LogP contribution in [0.25, 0.3) is 0 Å². The Kier molecular flexibility index (Phi) is 18.6. The van der Waals surface area contributed by atoms with E-state index in [0.29, 0.717) is 6.54 Å². The van der Waals surface area contributed by atoms with E-state index in [-0.39, 0.29) is 37.5 Å². The number of carboxylic acids is 1. The van der Waals surface area contributed by atoms with E-state index in [4.69, 9.17) is 16.6 Å². The molecule has 0 heterocycles. The van der Waals surface area contributed by atoms with E-state index in [2.05, 4.69) is 6.92 Å². The monoisotopic (exact) mass is 353 g/mol. The van der Waals surface area contributed by atoms with Crippen LogP contribution in [-0.4, -0.2) is 34.9 Å². The number of rotatable bonds is 16. The molecule has 0 atom stereocenters. The Morgan fingerprint density at radius 1 is 0.917 bits per heavy atom. The largest absolute Gasteiger partial charge is 1.00 e. The number of nitrogens with zero attached hydrogens (tertiary/aromatic N) is 1. The van der Waals surface area contributed by atoms with Gasteiger partial charge in [0.2, 0.25) is 0 Å². The molecule has 0 aromatic carbocycles. The maximum Gasteiger partial charge on any atom is 1.00 e. The average Bonchev–Trinajstić information content (AvgIpc) is 2.45. The molecular weight excluding hydrogens is 313 g/mol. The molecule has 0 aliphatic rings. The molecule has 0 rings (SSSR count). The van der Waals surface area contributed by atoms with Crippen molar-refractivity contribution in [2.45, 2.75) is 96.7 Å². The minimum atomic E-state index is -1.06. The van der Waals surface area contributed by atoms with Crippen molar-refractivity contribution >= 4 is 5.97 Å². The van der Waals surface area contributed by atoms with Gasteiger partial charge in [-0.05, 0) is 13.3 Å². The van der Waals surface area contributed by atoms with Crippen molar-refractivity contribution in [3.8, 4) is 0 Å². The third-order valence-corrected chi connectivity index (χ3v) is 4.29. The van der Waals surface area contributed by atoms with Crippen LogP contribution in [-0.2, 0) is 4.79 Å². The first-order valence-corrected chi connectivity index (χ1v) is 9.42. The zero-order chi connectivity index (χ0) is 17.6. The van der Waals surface area contributed by atoms with Gasteiger partial charge in [-0.25, -0.2) is 0 Å². The van der Waals surface area contributed by atoms with Crippen molar-refractivity contribution in [3.05, 3.63) is 0 Å². The molecule has 0 saturated carbocycles. The van der Waals surface area contributed by atoms with Crippen molar-refractivity contribution in [3.63, 3.8) is 0 Å². The van der Waals surface area contributed by atoms with Crippen molar-refractivity contribution in [1.82, 2.24) is 4.90 Å². The fourth-order valence-electron chi connectivity index (χ4n) is 2.80. The first-order valence-electron chi connectivity index (χ1n) is 9.42. The molecule has 140 valence electrons. The van der Waals surface area contributed by atoms with E-state index in [1.807, 2.05) is 0 Å². The molecule has 0 aliphatic heterocycles. The molecule has 0 unspecified atom stereocenters. The standard InChI is InChI=1S/C18H39N3O2.Na.H/c1-3-4-5-6-7-8-9-10-11-12-13-14-15-21(16-17(22)23)18(2,19)20;;/h3-16,19-20H2,1-2H3,(H,22,23);;/q;+1;-1. The van der Waals surface area contributed by atoms with E-state index in [0.717, 1.165) is 12.8 Å². The molecule has 5 nitrogen and oxygen atoms in total. The second-order valence-corrected chi connectivity index (χ2v) is 6.93. The summed E-state index contributed by atoms with van der Waals surface area (Å²) in [5.74, 6) is -1.94. The molecule has 0 fully saturated rings. The molecule has 0 spiro atoms. The molecule has 0 amide bonds. The number of aliphatic carboxylic acids is 1. The Labute approximate surface area is 172 Å². The molecule has 0 aromatic heterocycles. The summed E-state index contributed by atoms with van der Waals surface area (Å²) < 4.78 is 0. The van der Waals surface area contributed by atoms with Crippen LogP contribution < -0.4 is 41.0 Å². The molecule has 0 bridgehead atoms. The Bertz CT molecular complexity index is 303. The second-order valence-electron chi connectivity index (χ2n) is 6.93. The summed E-state index contributed by atoms with van der Waals surface area (Å²) >= 11 is 0. The molecule has 5 N–H and O–H groups in total. The van der Waals surface area contributed by atoms with Gasteiger partial charge in [-0.3, -0.25) is 9.69 Å². The van der Waals surface area contributed by atoms with Crippen molar-refractivity contribution in [2.75, 3.05) is 13.1 Å². The van der Waals surface area contributed by atoms with Crippen molar-refractivity contribution in [1.29, 1.82) is 0 Å². The average molecular weight is 354 g/mol. The van der Waals surface area contributed by atoms with Gasteiger partial charge in [0.25, 0.3) is 0 Å². The maximum atomic E-state index is 10.8. The van der Waals surface area contributed by atoms with Crippen LogP contribution >= 0.6 is 0 Å². The van der Waals surface area contributed by atoms with E-state index in [9.17, 15) is 4.79 Å². The fourth-order valence-corrected chi connectivity index (χ4v) is 2.80. The Balaban J connectivity index is -0.00000242. The summed E-state index contributed by atoms with van der Waals surface area (Å²) in [5.41, 5.74) is 11.6. The minimum Gasteiger partial charge on any atom is -1.00 e. The number of unbranched alkanes of at least 4 members (excludes halogenated alkanes) is 11. The zero-order valence-corrected chi connectivity index (χ0v) is 18.4. The molecule has 0 radical (unpaired) electrons. The molecule has 6 heteroatoms. The van der Waals surface area contributed by atoms with Crippen LogP contribution in [0, 0.1) is 0 Å². The van der Waals surface area contributed by atoms with Crippen LogP contribution in [0.1, 0.15) is 92.3 Å². The quantitative estimate of drug-likeness (QED) is 0.217. The number of carboxylic acid groups (broad SMARTS) is 1. The van der Waals surface area contributed by atoms with Crippen LogP contribution in [0.4, 0.5) is 0 Å². The normalized spacial score (nSPS) is 11.5. The first kappa shape index (κ1) is 26.6. The number of hydrogen-bond acceptors (Lipinski definition) is 4. The van der Waals surface area contributed by atoms with E-state index < -0.39 is 11.8 Å². The third-order valence-electron chi connectivity index (χ3n) is 4.29. The fraction of sp³-hybridized carbons (Fsp3) is 0.944. The summed E-state index contributed by atoms with van der Waals surface area (Å²) in [6.07, 6.45) is 15.5. The smallest absolute Gasteiger partial charge is 1.00 e. The van der Waals surface area contributed by atoms with Gasteiger partial charge in [0.15, 0.2) is 0 Å². The molecule has 0 saturated heterocycles. The number of carbonyl (C=O) groups is 1. The first-order chi connectivity index (χ1) is 10.9. The number of hydrogen-bond donors (Lipinski definition) is 3. The van der Waals surface area contributed by atoms with E-state index >= 15 is 0 Å². The van der Waals surface area contributed by atoms with Gasteiger partial charge in [0, 0.05) is 6.54 Å².